The molecule has 0 aliphatic carbocycles. The number of hydrogen-bond acceptors (Lipinski definition) is 0. The fraction of sp³-hybridized carbons (Fsp3) is 0.100. The van der Waals surface area contributed by atoms with Gasteiger partial charge in [0.15, 0.2) is 0 Å². The number of benzene rings is 4. The third kappa shape index (κ3) is 5.54. The van der Waals surface area contributed by atoms with Crippen LogP contribution >= 0.6 is 0 Å². The third-order valence-electron chi connectivity index (χ3n) is 5.95. The number of nitrogens with zero attached hydrogens (tertiary/aromatic N) is 3. The molecule has 35 heavy (non-hydrogen) atoms. The van der Waals surface area contributed by atoms with Gasteiger partial charge in [0.05, 0.1) is 8.07 Å². The number of rotatable bonds is 3. The number of aromatic nitrogens is 1. The molecule has 1 aromatic heterocycles. The van der Waals surface area contributed by atoms with Gasteiger partial charge in [-0.05, 0) is 10.8 Å². The quantitative estimate of drug-likeness (QED) is 0.154. The minimum absolute atomic E-state index is 0. The van der Waals surface area contributed by atoms with Crippen molar-refractivity contribution in [3.63, 3.8) is 0 Å². The zero-order valence-corrected chi connectivity index (χ0v) is 23.3. The summed E-state index contributed by atoms with van der Waals surface area (Å²) in [6.07, 6.45) is 4.00. The van der Waals surface area contributed by atoms with Gasteiger partial charge in [-0.2, -0.15) is 0 Å². The Hall–Kier alpha value is -3.24. The van der Waals surface area contributed by atoms with Crippen molar-refractivity contribution in [1.29, 1.82) is 0 Å². The molecule has 6 rings (SSSR count). The topological polar surface area (TPSA) is 20.1 Å². The molecule has 0 bridgehead atoms. The van der Waals surface area contributed by atoms with Gasteiger partial charge in [-0.1, -0.05) is 113 Å². The molecule has 0 fully saturated rings. The van der Waals surface area contributed by atoms with Crippen LogP contribution in [0.15, 0.2) is 116 Å². The molecule has 5 heteroatoms. The fourth-order valence-corrected chi connectivity index (χ4v) is 5.19. The van der Waals surface area contributed by atoms with Gasteiger partial charge in [0.25, 0.3) is 12.4 Å². The average molecular weight is 656 g/mol. The predicted molar refractivity (Wildman–Crippen MR) is 145 cm³/mol. The van der Waals surface area contributed by atoms with Crippen molar-refractivity contribution < 1.29 is 31.5 Å². The maximum Gasteiger partial charge on any atom is 1.00 e. The van der Waals surface area contributed by atoms with Gasteiger partial charge >= 0.3 is 28.4 Å². The molecule has 176 valence electrons. The van der Waals surface area contributed by atoms with E-state index in [0.717, 1.165) is 22.4 Å². The molecular formula is C30H28AuN3Si+2. The van der Waals surface area contributed by atoms with Crippen LogP contribution < -0.4 is 10.2 Å². The normalized spacial score (nSPS) is 12.5. The molecule has 4 aromatic carbocycles. The average Bonchev–Trinajstić information content (AvgIpc) is 3.50. The van der Waals surface area contributed by atoms with Gasteiger partial charge in [-0.3, -0.25) is 0 Å². The minimum Gasteiger partial charge on any atom is -0.657 e. The van der Waals surface area contributed by atoms with Crippen molar-refractivity contribution in [2.75, 3.05) is 0 Å². The van der Waals surface area contributed by atoms with E-state index in [1.165, 1.54) is 16.0 Å². The second-order valence-electron chi connectivity index (χ2n) is 9.42. The molecule has 0 unspecified atom stereocenters. The Labute approximate surface area is 223 Å². The van der Waals surface area contributed by atoms with Crippen LogP contribution in [0.1, 0.15) is 0 Å². The molecule has 0 saturated carbocycles. The van der Waals surface area contributed by atoms with E-state index in [9.17, 15) is 0 Å². The van der Waals surface area contributed by atoms with Crippen LogP contribution in [0.3, 0.4) is 0 Å². The largest absolute Gasteiger partial charge is 1.00 e. The molecule has 3 nitrogen and oxygen atoms in total. The van der Waals surface area contributed by atoms with E-state index in [2.05, 4.69) is 91.3 Å². The Morgan fingerprint density at radius 1 is 0.600 bits per heavy atom. The molecule has 0 radical (unpaired) electrons. The number of hydrogen-bond donors (Lipinski definition) is 0. The molecule has 0 amide bonds. The first-order valence-corrected chi connectivity index (χ1v) is 15.1. The molecular weight excluding hydrogens is 627 g/mol. The van der Waals surface area contributed by atoms with Crippen LogP contribution in [0.4, 0.5) is 11.4 Å². The van der Waals surface area contributed by atoms with E-state index in [0.29, 0.717) is 0 Å². The first-order chi connectivity index (χ1) is 16.5. The van der Waals surface area contributed by atoms with Crippen LogP contribution in [0.2, 0.25) is 19.6 Å². The van der Waals surface area contributed by atoms with E-state index in [1.54, 1.807) is 0 Å². The summed E-state index contributed by atoms with van der Waals surface area (Å²) in [5.74, 6) is 0. The van der Waals surface area contributed by atoms with Crippen molar-refractivity contribution >= 4 is 52.4 Å². The molecule has 1 aliphatic rings. The van der Waals surface area contributed by atoms with Crippen molar-refractivity contribution in [2.45, 2.75) is 19.6 Å². The zero-order chi connectivity index (χ0) is 23.5. The first-order valence-electron chi connectivity index (χ1n) is 11.6. The molecule has 0 saturated heterocycles. The van der Waals surface area contributed by atoms with Gasteiger partial charge in [-0.15, -0.1) is 11.0 Å². The summed E-state index contributed by atoms with van der Waals surface area (Å²) in [6.45, 7) is 7.15. The van der Waals surface area contributed by atoms with E-state index < -0.39 is 8.07 Å². The van der Waals surface area contributed by atoms with Gasteiger partial charge < -0.3 is 4.98 Å². The zero-order valence-electron chi connectivity index (χ0n) is 20.1. The van der Waals surface area contributed by atoms with Crippen molar-refractivity contribution in [3.8, 4) is 0 Å². The summed E-state index contributed by atoms with van der Waals surface area (Å²) in [7, 11) is -1.24. The molecule has 0 atom stereocenters. The summed E-state index contributed by atoms with van der Waals surface area (Å²) in [5, 5.41) is 4.09. The second-order valence-corrected chi connectivity index (χ2v) is 14.5. The van der Waals surface area contributed by atoms with Crippen molar-refractivity contribution in [3.05, 3.63) is 116 Å². The maximum absolute atomic E-state index is 4.65. The first kappa shape index (κ1) is 24.9. The third-order valence-corrected chi connectivity index (χ3v) is 7.99. The van der Waals surface area contributed by atoms with E-state index in [1.807, 2.05) is 64.0 Å². The Morgan fingerprint density at radius 2 is 1.11 bits per heavy atom. The molecule has 0 spiro atoms. The van der Waals surface area contributed by atoms with Crippen LogP contribution in [0, 0.1) is 0 Å². The summed E-state index contributed by atoms with van der Waals surface area (Å²) in [6, 6.07) is 38.8. The van der Waals surface area contributed by atoms with Crippen molar-refractivity contribution in [1.82, 2.24) is 4.98 Å². The maximum atomic E-state index is 4.65. The van der Waals surface area contributed by atoms with Gasteiger partial charge in [0.2, 0.25) is 11.4 Å². The number of para-hydroxylation sites is 3. The molecule has 1 aliphatic heterocycles. The van der Waals surface area contributed by atoms with Gasteiger partial charge in [-0.25, -0.2) is 0 Å². The van der Waals surface area contributed by atoms with Crippen LogP contribution in [0.25, 0.3) is 21.8 Å². The van der Waals surface area contributed by atoms with E-state index in [-0.39, 0.29) is 22.4 Å². The van der Waals surface area contributed by atoms with Gasteiger partial charge in [0, 0.05) is 24.3 Å². The monoisotopic (exact) mass is 655 g/mol. The van der Waals surface area contributed by atoms with Crippen LogP contribution in [-0.2, 0) is 22.4 Å². The molecule has 5 aromatic rings. The second kappa shape index (κ2) is 10.6. The Balaban J connectivity index is 0.000000160. The summed E-state index contributed by atoms with van der Waals surface area (Å²) >= 11 is 0. The standard InChI is InChI=1S/C15H12N2.C15H16NSi.Au/c1-3-7-14(8-4-1)16-11-12-17(13-16)15-9-5-2-6-10-15;1-17(2,3)11-8-9-15-13(10-11)12-6-4-5-7-14(12)16-15;/h1-12H;4-10H,1-3H3;/q+2;-1;+1. The van der Waals surface area contributed by atoms with Crippen molar-refractivity contribution in [2.24, 2.45) is 0 Å². The predicted octanol–water partition coefficient (Wildman–Crippen LogP) is 6.83. The Bertz CT molecular complexity index is 1500. The minimum atomic E-state index is -1.24. The van der Waals surface area contributed by atoms with Gasteiger partial charge in [0.1, 0.15) is 0 Å². The van der Waals surface area contributed by atoms with Crippen LogP contribution in [-0.4, -0.2) is 23.2 Å². The number of fused-ring (bicyclic) bond motifs is 3. The molecule has 0 N–H and O–H groups in total. The molecule has 2 heterocycles. The van der Waals surface area contributed by atoms with E-state index >= 15 is 0 Å². The summed E-state index contributed by atoms with van der Waals surface area (Å²) in [5.41, 5.74) is 4.45. The fourth-order valence-electron chi connectivity index (χ4n) is 4.03. The smallest absolute Gasteiger partial charge is 0.657 e. The SMILES string of the molecule is C1=[N+](c2ccccc2)C=C[N+]=1c1ccccc1.C[Si](C)(C)c1ccc2[n-]c3ccccc3c2c1.[Au+]. The summed E-state index contributed by atoms with van der Waals surface area (Å²) < 4.78 is 3.96. The van der Waals surface area contributed by atoms with Crippen LogP contribution in [0.5, 0.6) is 0 Å². The Kier molecular flexibility index (Phi) is 7.51. The van der Waals surface area contributed by atoms with E-state index in [4.69, 9.17) is 0 Å². The Morgan fingerprint density at radius 3 is 1.69 bits per heavy atom. The summed E-state index contributed by atoms with van der Waals surface area (Å²) in [4.78, 5) is 4.65.